The van der Waals surface area contributed by atoms with Gasteiger partial charge in [-0.15, -0.1) is 0 Å². The van der Waals surface area contributed by atoms with Crippen molar-refractivity contribution in [1.29, 1.82) is 5.41 Å². The molecule has 0 aromatic carbocycles. The lowest BCUT2D eigenvalue weighted by Gasteiger charge is -2.26. The molecular weight excluding hydrogens is 224 g/mol. The van der Waals surface area contributed by atoms with Gasteiger partial charge in [0.1, 0.15) is 11.5 Å². The minimum atomic E-state index is 0.0229. The summed E-state index contributed by atoms with van der Waals surface area (Å²) in [4.78, 5) is 6.39. The lowest BCUT2D eigenvalue weighted by atomic mass is 10.0. The number of hydrogen-bond donors (Lipinski definition) is 2. The maximum atomic E-state index is 7.39. The predicted molar refractivity (Wildman–Crippen MR) is 75.6 cm³/mol. The van der Waals surface area contributed by atoms with Gasteiger partial charge in [-0.25, -0.2) is 0 Å². The second kappa shape index (κ2) is 6.50. The van der Waals surface area contributed by atoms with Gasteiger partial charge in [0.25, 0.3) is 0 Å². The van der Waals surface area contributed by atoms with Gasteiger partial charge in [-0.05, 0) is 44.0 Å². The second-order valence-corrected chi connectivity index (χ2v) is 5.36. The van der Waals surface area contributed by atoms with Gasteiger partial charge in [0.15, 0.2) is 0 Å². The van der Waals surface area contributed by atoms with Crippen molar-refractivity contribution in [2.75, 3.05) is 7.05 Å². The molecule has 3 N–H and O–H groups in total. The molecule has 0 fully saturated rings. The normalized spacial score (nSPS) is 13.0. The highest BCUT2D eigenvalue weighted by Gasteiger charge is 2.11. The third-order valence-corrected chi connectivity index (χ3v) is 3.10. The Morgan fingerprint density at radius 2 is 2.11 bits per heavy atom. The van der Waals surface area contributed by atoms with Gasteiger partial charge in [-0.2, -0.15) is 0 Å². The summed E-state index contributed by atoms with van der Waals surface area (Å²) in [6, 6.07) is 4.41. The van der Waals surface area contributed by atoms with E-state index in [1.54, 1.807) is 6.20 Å². The Bertz CT molecular complexity index is 401. The Labute approximate surface area is 110 Å². The number of hydrogen-bond acceptors (Lipinski definition) is 3. The molecule has 0 saturated carbocycles. The first-order valence-corrected chi connectivity index (χ1v) is 6.39. The Morgan fingerprint density at radius 1 is 1.44 bits per heavy atom. The molecule has 1 rings (SSSR count). The molecule has 18 heavy (non-hydrogen) atoms. The van der Waals surface area contributed by atoms with Crippen LogP contribution in [0.15, 0.2) is 18.3 Å². The van der Waals surface area contributed by atoms with Crippen molar-refractivity contribution in [2.24, 2.45) is 11.7 Å². The molecule has 0 saturated heterocycles. The first-order chi connectivity index (χ1) is 8.40. The van der Waals surface area contributed by atoms with Crippen molar-refractivity contribution in [3.05, 3.63) is 29.6 Å². The van der Waals surface area contributed by atoms with Gasteiger partial charge in [-0.1, -0.05) is 13.8 Å². The van der Waals surface area contributed by atoms with Crippen molar-refractivity contribution in [1.82, 2.24) is 9.88 Å². The van der Waals surface area contributed by atoms with Crippen LogP contribution in [0.1, 0.15) is 38.4 Å². The largest absolute Gasteiger partial charge is 0.382 e. The highest BCUT2D eigenvalue weighted by molar-refractivity contribution is 5.93. The van der Waals surface area contributed by atoms with Gasteiger partial charge in [0, 0.05) is 18.8 Å². The van der Waals surface area contributed by atoms with Crippen LogP contribution in [-0.4, -0.2) is 28.8 Å². The zero-order valence-corrected chi connectivity index (χ0v) is 11.8. The average molecular weight is 248 g/mol. The summed E-state index contributed by atoms with van der Waals surface area (Å²) in [6.45, 7) is 7.58. The highest BCUT2D eigenvalue weighted by atomic mass is 15.1. The smallest absolute Gasteiger partial charge is 0.141 e. The van der Waals surface area contributed by atoms with Crippen LogP contribution >= 0.6 is 0 Å². The van der Waals surface area contributed by atoms with Crippen molar-refractivity contribution in [3.63, 3.8) is 0 Å². The van der Waals surface area contributed by atoms with E-state index in [9.17, 15) is 0 Å². The van der Waals surface area contributed by atoms with E-state index in [1.807, 2.05) is 12.1 Å². The third kappa shape index (κ3) is 4.45. The van der Waals surface area contributed by atoms with Crippen LogP contribution in [0.3, 0.4) is 0 Å². The topological polar surface area (TPSA) is 66.0 Å². The van der Waals surface area contributed by atoms with Crippen LogP contribution < -0.4 is 5.73 Å². The van der Waals surface area contributed by atoms with E-state index < -0.39 is 0 Å². The fourth-order valence-corrected chi connectivity index (χ4v) is 2.03. The van der Waals surface area contributed by atoms with Crippen molar-refractivity contribution in [3.8, 4) is 0 Å². The summed E-state index contributed by atoms with van der Waals surface area (Å²) in [5, 5.41) is 7.39. The van der Waals surface area contributed by atoms with E-state index in [-0.39, 0.29) is 5.84 Å². The van der Waals surface area contributed by atoms with Crippen LogP contribution in [-0.2, 0) is 6.54 Å². The molecule has 1 unspecified atom stereocenters. The number of amidine groups is 1. The number of pyridine rings is 1. The second-order valence-electron chi connectivity index (χ2n) is 5.36. The quantitative estimate of drug-likeness (QED) is 0.599. The summed E-state index contributed by atoms with van der Waals surface area (Å²) in [7, 11) is 2.13. The van der Waals surface area contributed by atoms with E-state index in [0.717, 1.165) is 12.1 Å². The number of rotatable bonds is 6. The molecular formula is C14H24N4. The maximum Gasteiger partial charge on any atom is 0.141 e. The molecule has 1 heterocycles. The lowest BCUT2D eigenvalue weighted by Crippen LogP contribution is -2.29. The Kier molecular flexibility index (Phi) is 5.28. The lowest BCUT2D eigenvalue weighted by molar-refractivity contribution is 0.220. The maximum absolute atomic E-state index is 7.39. The fourth-order valence-electron chi connectivity index (χ4n) is 2.03. The van der Waals surface area contributed by atoms with Gasteiger partial charge < -0.3 is 5.73 Å². The number of aromatic nitrogens is 1. The monoisotopic (exact) mass is 248 g/mol. The molecule has 1 aromatic rings. The average Bonchev–Trinajstić information content (AvgIpc) is 2.28. The third-order valence-electron chi connectivity index (χ3n) is 3.10. The molecule has 0 aliphatic carbocycles. The molecule has 1 atom stereocenters. The standard InChI is InChI=1S/C14H24N4/c1-10(2)7-11(3)18(4)9-12-5-6-17-13(8-12)14(15)16/h5-6,8,10-11H,7,9H2,1-4H3,(H3,15,16). The molecule has 0 spiro atoms. The summed E-state index contributed by atoms with van der Waals surface area (Å²) in [5.74, 6) is 0.724. The van der Waals surface area contributed by atoms with Crippen LogP contribution in [0.2, 0.25) is 0 Å². The van der Waals surface area contributed by atoms with Gasteiger partial charge in [-0.3, -0.25) is 15.3 Å². The number of nitrogen functional groups attached to an aromatic ring is 1. The number of nitrogens with one attached hydrogen (secondary N) is 1. The van der Waals surface area contributed by atoms with E-state index in [1.165, 1.54) is 6.42 Å². The summed E-state index contributed by atoms with van der Waals surface area (Å²) < 4.78 is 0. The first kappa shape index (κ1) is 14.6. The highest BCUT2D eigenvalue weighted by Crippen LogP contribution is 2.13. The molecule has 0 amide bonds. The number of nitrogens with zero attached hydrogens (tertiary/aromatic N) is 2. The minimum Gasteiger partial charge on any atom is -0.382 e. The minimum absolute atomic E-state index is 0.0229. The molecule has 0 aliphatic heterocycles. The zero-order chi connectivity index (χ0) is 13.7. The number of nitrogens with two attached hydrogens (primary N) is 1. The van der Waals surface area contributed by atoms with Gasteiger partial charge in [0.2, 0.25) is 0 Å². The zero-order valence-electron chi connectivity index (χ0n) is 11.8. The van der Waals surface area contributed by atoms with Crippen LogP contribution in [0.4, 0.5) is 0 Å². The van der Waals surface area contributed by atoms with E-state index in [4.69, 9.17) is 11.1 Å². The summed E-state index contributed by atoms with van der Waals surface area (Å²) in [6.07, 6.45) is 2.90. The summed E-state index contributed by atoms with van der Waals surface area (Å²) in [5.41, 5.74) is 7.15. The van der Waals surface area contributed by atoms with Gasteiger partial charge in [0.05, 0.1) is 0 Å². The van der Waals surface area contributed by atoms with Crippen LogP contribution in [0.25, 0.3) is 0 Å². The fraction of sp³-hybridized carbons (Fsp3) is 0.571. The molecule has 0 aliphatic rings. The molecule has 1 aromatic heterocycles. The van der Waals surface area contributed by atoms with Crippen LogP contribution in [0.5, 0.6) is 0 Å². The predicted octanol–water partition coefficient (Wildman–Crippen LogP) is 2.23. The van der Waals surface area contributed by atoms with Gasteiger partial charge >= 0.3 is 0 Å². The van der Waals surface area contributed by atoms with Crippen molar-refractivity contribution in [2.45, 2.75) is 39.8 Å². The molecule has 4 heteroatoms. The van der Waals surface area contributed by atoms with E-state index >= 15 is 0 Å². The first-order valence-electron chi connectivity index (χ1n) is 6.39. The summed E-state index contributed by atoms with van der Waals surface area (Å²) >= 11 is 0. The Hall–Kier alpha value is -1.42. The molecule has 0 radical (unpaired) electrons. The van der Waals surface area contributed by atoms with E-state index in [0.29, 0.717) is 17.7 Å². The molecule has 4 nitrogen and oxygen atoms in total. The molecule has 100 valence electrons. The Morgan fingerprint density at radius 3 is 2.67 bits per heavy atom. The Balaban J connectivity index is 2.66. The molecule has 0 bridgehead atoms. The van der Waals surface area contributed by atoms with E-state index in [2.05, 4.69) is 37.7 Å². The van der Waals surface area contributed by atoms with Crippen molar-refractivity contribution < 1.29 is 0 Å². The van der Waals surface area contributed by atoms with Crippen LogP contribution in [0, 0.1) is 11.3 Å². The SMILES string of the molecule is CC(C)CC(C)N(C)Cc1ccnc(C(=N)N)c1. The van der Waals surface area contributed by atoms with Crippen molar-refractivity contribution >= 4 is 5.84 Å².